The quantitative estimate of drug-likeness (QED) is 0.859. The third-order valence-corrected chi connectivity index (χ3v) is 3.13. The first kappa shape index (κ1) is 15.5. The summed E-state index contributed by atoms with van der Waals surface area (Å²) in [6.45, 7) is 9.51. The zero-order valence-corrected chi connectivity index (χ0v) is 13.1. The van der Waals surface area contributed by atoms with Crippen molar-refractivity contribution in [1.29, 1.82) is 0 Å². The lowest BCUT2D eigenvalue weighted by atomic mass is 10.1. The highest BCUT2D eigenvalue weighted by Gasteiger charge is 2.15. The first-order valence-electron chi connectivity index (χ1n) is 7.24. The van der Waals surface area contributed by atoms with Crippen LogP contribution >= 0.6 is 0 Å². The summed E-state index contributed by atoms with van der Waals surface area (Å²) in [4.78, 5) is 16.1. The summed E-state index contributed by atoms with van der Waals surface area (Å²) in [5.74, 6) is -0.240. The fraction of sp³-hybridized carbons (Fsp3) is 0.500. The molecule has 2 aromatic rings. The number of fused-ring (bicyclic) bond motifs is 1. The summed E-state index contributed by atoms with van der Waals surface area (Å²) in [5, 5.41) is 4.53. The van der Waals surface area contributed by atoms with Gasteiger partial charge in [-0.05, 0) is 45.4 Å². The van der Waals surface area contributed by atoms with Gasteiger partial charge in [0.05, 0.1) is 6.61 Å². The van der Waals surface area contributed by atoms with Crippen LogP contribution in [0.3, 0.4) is 0 Å². The molecule has 0 aliphatic carbocycles. The number of carbonyl (C=O) groups excluding carboxylic acids is 1. The van der Waals surface area contributed by atoms with Crippen molar-refractivity contribution in [3.8, 4) is 0 Å². The zero-order chi connectivity index (χ0) is 15.5. The van der Waals surface area contributed by atoms with Gasteiger partial charge in [0, 0.05) is 29.9 Å². The summed E-state index contributed by atoms with van der Waals surface area (Å²) in [6, 6.07) is 3.95. The fourth-order valence-electron chi connectivity index (χ4n) is 2.16. The minimum atomic E-state index is -0.240. The molecule has 0 amide bonds. The van der Waals surface area contributed by atoms with Crippen LogP contribution in [-0.4, -0.2) is 27.7 Å². The van der Waals surface area contributed by atoms with Crippen molar-refractivity contribution in [3.05, 3.63) is 30.1 Å². The van der Waals surface area contributed by atoms with Gasteiger partial charge < -0.3 is 14.6 Å². The van der Waals surface area contributed by atoms with E-state index in [4.69, 9.17) is 4.74 Å². The molecular formula is C16H23N3O2. The summed E-state index contributed by atoms with van der Waals surface area (Å²) in [7, 11) is 0. The van der Waals surface area contributed by atoms with Gasteiger partial charge in [-0.15, -0.1) is 0 Å². The van der Waals surface area contributed by atoms with E-state index in [1.54, 1.807) is 6.20 Å². The molecule has 0 fully saturated rings. The second-order valence-electron chi connectivity index (χ2n) is 6.07. The molecule has 0 aliphatic rings. The van der Waals surface area contributed by atoms with Crippen molar-refractivity contribution in [2.45, 2.75) is 46.3 Å². The van der Waals surface area contributed by atoms with Crippen molar-refractivity contribution >= 4 is 17.0 Å². The molecule has 21 heavy (non-hydrogen) atoms. The van der Waals surface area contributed by atoms with E-state index >= 15 is 0 Å². The first-order chi connectivity index (χ1) is 9.90. The van der Waals surface area contributed by atoms with Crippen LogP contribution in [0.4, 0.5) is 0 Å². The predicted octanol–water partition coefficient (Wildman–Crippen LogP) is 2.49. The number of rotatable bonds is 5. The van der Waals surface area contributed by atoms with Gasteiger partial charge >= 0.3 is 5.97 Å². The molecule has 2 rings (SSSR count). The number of nitrogens with one attached hydrogen (secondary N) is 1. The number of esters is 1. The maximum Gasteiger partial charge on any atom is 0.325 e. The topological polar surface area (TPSA) is 56.1 Å². The predicted molar refractivity (Wildman–Crippen MR) is 83.0 cm³/mol. The molecule has 1 N–H and O–H groups in total. The Labute approximate surface area is 125 Å². The standard InChI is InChI=1S/C16H23N3O2/c1-5-21-14(20)11-19-10-12(9-18-16(2,3)4)13-7-6-8-17-15(13)19/h6-8,10,18H,5,9,11H2,1-4H3. The number of pyridine rings is 1. The molecule has 0 unspecified atom stereocenters. The first-order valence-corrected chi connectivity index (χ1v) is 7.24. The normalized spacial score (nSPS) is 11.8. The largest absolute Gasteiger partial charge is 0.465 e. The minimum Gasteiger partial charge on any atom is -0.465 e. The van der Waals surface area contributed by atoms with E-state index in [1.165, 1.54) is 0 Å². The van der Waals surface area contributed by atoms with E-state index in [0.29, 0.717) is 6.61 Å². The number of ether oxygens (including phenoxy) is 1. The fourth-order valence-corrected chi connectivity index (χ4v) is 2.16. The Kier molecular flexibility index (Phi) is 4.63. The second kappa shape index (κ2) is 6.26. The van der Waals surface area contributed by atoms with Crippen molar-refractivity contribution in [2.24, 2.45) is 0 Å². The molecule has 0 atom stereocenters. The third kappa shape index (κ3) is 4.04. The lowest BCUT2D eigenvalue weighted by Gasteiger charge is -2.20. The van der Waals surface area contributed by atoms with E-state index in [9.17, 15) is 4.79 Å². The van der Waals surface area contributed by atoms with Gasteiger partial charge in [0.15, 0.2) is 0 Å². The van der Waals surface area contributed by atoms with Gasteiger partial charge in [-0.2, -0.15) is 0 Å². The second-order valence-corrected chi connectivity index (χ2v) is 6.07. The molecular weight excluding hydrogens is 266 g/mol. The zero-order valence-electron chi connectivity index (χ0n) is 13.1. The van der Waals surface area contributed by atoms with Gasteiger partial charge in [-0.1, -0.05) is 0 Å². The lowest BCUT2D eigenvalue weighted by molar-refractivity contribution is -0.143. The molecule has 0 aliphatic heterocycles. The van der Waals surface area contributed by atoms with Crippen LogP contribution in [0.15, 0.2) is 24.5 Å². The van der Waals surface area contributed by atoms with Crippen molar-refractivity contribution in [2.75, 3.05) is 6.61 Å². The maximum atomic E-state index is 11.7. The highest BCUT2D eigenvalue weighted by molar-refractivity contribution is 5.82. The van der Waals surface area contributed by atoms with Crippen molar-refractivity contribution < 1.29 is 9.53 Å². The van der Waals surface area contributed by atoms with Crippen LogP contribution in [0, 0.1) is 0 Å². The van der Waals surface area contributed by atoms with Gasteiger partial charge in [0.2, 0.25) is 0 Å². The number of nitrogens with zero attached hydrogens (tertiary/aromatic N) is 2. The van der Waals surface area contributed by atoms with Gasteiger partial charge in [0.1, 0.15) is 12.2 Å². The monoisotopic (exact) mass is 289 g/mol. The Morgan fingerprint density at radius 3 is 2.86 bits per heavy atom. The number of aromatic nitrogens is 2. The molecule has 0 aromatic carbocycles. The van der Waals surface area contributed by atoms with E-state index in [-0.39, 0.29) is 18.1 Å². The number of hydrogen-bond donors (Lipinski definition) is 1. The Bertz CT molecular complexity index is 626. The summed E-state index contributed by atoms with van der Waals surface area (Å²) in [5.41, 5.74) is 1.99. The Morgan fingerprint density at radius 1 is 1.43 bits per heavy atom. The molecule has 0 bridgehead atoms. The molecule has 0 radical (unpaired) electrons. The molecule has 0 saturated carbocycles. The Balaban J connectivity index is 2.28. The van der Waals surface area contributed by atoms with E-state index in [1.807, 2.05) is 29.8 Å². The summed E-state index contributed by atoms with van der Waals surface area (Å²) < 4.78 is 6.87. The van der Waals surface area contributed by atoms with Crippen molar-refractivity contribution in [3.63, 3.8) is 0 Å². The van der Waals surface area contributed by atoms with Gasteiger partial charge in [-0.25, -0.2) is 4.98 Å². The van der Waals surface area contributed by atoms with E-state index in [0.717, 1.165) is 23.1 Å². The highest BCUT2D eigenvalue weighted by Crippen LogP contribution is 2.20. The SMILES string of the molecule is CCOC(=O)Cn1cc(CNC(C)(C)C)c2cccnc21. The van der Waals surface area contributed by atoms with Crippen LogP contribution in [0.5, 0.6) is 0 Å². The Morgan fingerprint density at radius 2 is 2.19 bits per heavy atom. The number of carbonyl (C=O) groups is 1. The maximum absolute atomic E-state index is 11.7. The molecule has 5 heteroatoms. The molecule has 114 valence electrons. The highest BCUT2D eigenvalue weighted by atomic mass is 16.5. The van der Waals surface area contributed by atoms with Crippen LogP contribution < -0.4 is 5.32 Å². The summed E-state index contributed by atoms with van der Waals surface area (Å²) >= 11 is 0. The smallest absolute Gasteiger partial charge is 0.325 e. The molecule has 2 aromatic heterocycles. The molecule has 0 saturated heterocycles. The molecule has 5 nitrogen and oxygen atoms in total. The van der Waals surface area contributed by atoms with Crippen LogP contribution in [0.1, 0.15) is 33.3 Å². The van der Waals surface area contributed by atoms with Crippen LogP contribution in [-0.2, 0) is 22.6 Å². The Hall–Kier alpha value is -1.88. The van der Waals surface area contributed by atoms with Gasteiger partial charge in [0.25, 0.3) is 0 Å². The molecule has 2 heterocycles. The van der Waals surface area contributed by atoms with E-state index < -0.39 is 0 Å². The van der Waals surface area contributed by atoms with E-state index in [2.05, 4.69) is 31.1 Å². The van der Waals surface area contributed by atoms with Crippen LogP contribution in [0.25, 0.3) is 11.0 Å². The minimum absolute atomic E-state index is 0.0395. The average Bonchev–Trinajstić information content (AvgIpc) is 2.75. The summed E-state index contributed by atoms with van der Waals surface area (Å²) in [6.07, 6.45) is 3.72. The number of hydrogen-bond acceptors (Lipinski definition) is 4. The van der Waals surface area contributed by atoms with Crippen LogP contribution in [0.2, 0.25) is 0 Å². The average molecular weight is 289 g/mol. The van der Waals surface area contributed by atoms with Crippen molar-refractivity contribution in [1.82, 2.24) is 14.9 Å². The van der Waals surface area contributed by atoms with Gasteiger partial charge in [-0.3, -0.25) is 4.79 Å². The lowest BCUT2D eigenvalue weighted by Crippen LogP contribution is -2.35. The molecule has 0 spiro atoms. The third-order valence-electron chi connectivity index (χ3n) is 3.13.